The van der Waals surface area contributed by atoms with Crippen LogP contribution in [0, 0.1) is 0 Å². The number of halogens is 2. The van der Waals surface area contributed by atoms with Crippen LogP contribution in [-0.4, -0.2) is 40.8 Å². The summed E-state index contributed by atoms with van der Waals surface area (Å²) >= 11 is 1.86. The van der Waals surface area contributed by atoms with E-state index in [1.165, 1.54) is 23.9 Å². The second-order valence-corrected chi connectivity index (χ2v) is 5.95. The van der Waals surface area contributed by atoms with Gasteiger partial charge in [0.1, 0.15) is 11.8 Å². The standard InChI is InChI=1S/C12H15F2NO4S2/c1-20-5-4-8(11(17)18)15-10(16)9-3-2-7(19-9)6-21-12(13)14/h2-3,8,12H,4-6H2,1H3,(H,15,16)(H,17,18). The maximum absolute atomic E-state index is 12.0. The highest BCUT2D eigenvalue weighted by atomic mass is 32.2. The molecule has 1 unspecified atom stereocenters. The third-order valence-electron chi connectivity index (χ3n) is 2.45. The van der Waals surface area contributed by atoms with Crippen LogP contribution in [0.2, 0.25) is 0 Å². The Morgan fingerprint density at radius 2 is 2.14 bits per heavy atom. The molecule has 1 aromatic heterocycles. The molecular formula is C12H15F2NO4S2. The lowest BCUT2D eigenvalue weighted by molar-refractivity contribution is -0.139. The number of alkyl halides is 2. The summed E-state index contributed by atoms with van der Waals surface area (Å²) in [6.45, 7) is 0. The normalized spacial score (nSPS) is 12.4. The summed E-state index contributed by atoms with van der Waals surface area (Å²) in [5, 5.41) is 11.4. The average molecular weight is 339 g/mol. The van der Waals surface area contributed by atoms with Gasteiger partial charge in [0.2, 0.25) is 0 Å². The first-order valence-corrected chi connectivity index (χ1v) is 8.39. The van der Waals surface area contributed by atoms with Crippen LogP contribution in [0.15, 0.2) is 16.5 Å². The van der Waals surface area contributed by atoms with Crippen LogP contribution in [0.5, 0.6) is 0 Å². The van der Waals surface area contributed by atoms with Gasteiger partial charge in [0.05, 0.1) is 5.75 Å². The number of aliphatic carboxylic acids is 1. The summed E-state index contributed by atoms with van der Waals surface area (Å²) < 4.78 is 29.2. The molecule has 0 spiro atoms. The molecule has 0 aromatic carbocycles. The van der Waals surface area contributed by atoms with E-state index in [-0.39, 0.29) is 23.7 Å². The van der Waals surface area contributed by atoms with E-state index in [1.807, 2.05) is 6.26 Å². The molecule has 0 saturated carbocycles. The molecular weight excluding hydrogens is 324 g/mol. The lowest BCUT2D eigenvalue weighted by atomic mass is 10.2. The number of thioether (sulfide) groups is 2. The Balaban J connectivity index is 2.59. The van der Waals surface area contributed by atoms with Crippen molar-refractivity contribution < 1.29 is 27.9 Å². The van der Waals surface area contributed by atoms with Crippen LogP contribution in [0.25, 0.3) is 0 Å². The maximum atomic E-state index is 12.0. The molecule has 0 bridgehead atoms. The Hall–Kier alpha value is -1.22. The van der Waals surface area contributed by atoms with Gasteiger partial charge in [0, 0.05) is 0 Å². The van der Waals surface area contributed by atoms with Gasteiger partial charge in [-0.2, -0.15) is 20.5 Å². The molecule has 0 aliphatic heterocycles. The SMILES string of the molecule is CSCCC(NC(=O)c1ccc(CSC(F)F)o1)C(=O)O. The third-order valence-corrected chi connectivity index (χ3v) is 3.80. The Kier molecular flexibility index (Phi) is 7.58. The van der Waals surface area contributed by atoms with Gasteiger partial charge in [0.15, 0.2) is 5.76 Å². The number of carbonyl (C=O) groups is 2. The summed E-state index contributed by atoms with van der Waals surface area (Å²) in [6, 6.07) is 1.75. The van der Waals surface area contributed by atoms with E-state index in [9.17, 15) is 18.4 Å². The smallest absolute Gasteiger partial charge is 0.326 e. The minimum Gasteiger partial charge on any atom is -0.480 e. The minimum atomic E-state index is -2.52. The molecule has 118 valence electrons. The lowest BCUT2D eigenvalue weighted by Gasteiger charge is -2.12. The van der Waals surface area contributed by atoms with Gasteiger partial charge in [-0.15, -0.1) is 0 Å². The summed E-state index contributed by atoms with van der Waals surface area (Å²) in [5.41, 5.74) is 0. The Morgan fingerprint density at radius 3 is 2.71 bits per heavy atom. The van der Waals surface area contributed by atoms with E-state index in [0.29, 0.717) is 17.5 Å². The minimum absolute atomic E-state index is 0.0558. The van der Waals surface area contributed by atoms with Gasteiger partial charge in [0.25, 0.3) is 11.7 Å². The third kappa shape index (κ3) is 6.38. The number of nitrogens with one attached hydrogen (secondary N) is 1. The molecule has 1 heterocycles. The molecule has 0 aliphatic rings. The number of carbonyl (C=O) groups excluding carboxylic acids is 1. The lowest BCUT2D eigenvalue weighted by Crippen LogP contribution is -2.41. The van der Waals surface area contributed by atoms with Crippen molar-refractivity contribution in [3.63, 3.8) is 0 Å². The molecule has 0 fully saturated rings. The molecule has 1 aromatic rings. The summed E-state index contributed by atoms with van der Waals surface area (Å²) in [7, 11) is 0. The van der Waals surface area contributed by atoms with E-state index in [2.05, 4.69) is 5.32 Å². The quantitative estimate of drug-likeness (QED) is 0.720. The zero-order valence-electron chi connectivity index (χ0n) is 11.2. The van der Waals surface area contributed by atoms with Gasteiger partial charge < -0.3 is 14.8 Å². The van der Waals surface area contributed by atoms with Crippen molar-refractivity contribution in [2.45, 2.75) is 24.0 Å². The van der Waals surface area contributed by atoms with Crippen molar-refractivity contribution in [1.29, 1.82) is 0 Å². The Labute approximate surface area is 128 Å². The fourth-order valence-corrected chi connectivity index (χ4v) is 2.36. The van der Waals surface area contributed by atoms with E-state index in [4.69, 9.17) is 9.52 Å². The summed E-state index contributed by atoms with van der Waals surface area (Å²) in [5.74, 6) is -3.63. The van der Waals surface area contributed by atoms with Crippen molar-refractivity contribution >= 4 is 35.4 Å². The average Bonchev–Trinajstić information content (AvgIpc) is 2.89. The first-order chi connectivity index (χ1) is 9.93. The fourth-order valence-electron chi connectivity index (χ4n) is 1.45. The number of hydrogen-bond donors (Lipinski definition) is 2. The Bertz CT molecular complexity index is 482. The second kappa shape index (κ2) is 8.93. The first kappa shape index (κ1) is 17.8. The van der Waals surface area contributed by atoms with Crippen LogP contribution >= 0.6 is 23.5 Å². The number of furan rings is 1. The highest BCUT2D eigenvalue weighted by Gasteiger charge is 2.22. The van der Waals surface area contributed by atoms with Crippen LogP contribution in [0.3, 0.4) is 0 Å². The van der Waals surface area contributed by atoms with E-state index < -0.39 is 23.7 Å². The van der Waals surface area contributed by atoms with Crippen LogP contribution in [0.1, 0.15) is 22.7 Å². The number of amides is 1. The molecule has 1 atom stereocenters. The van der Waals surface area contributed by atoms with Crippen molar-refractivity contribution in [3.8, 4) is 0 Å². The second-order valence-electron chi connectivity index (χ2n) is 3.98. The first-order valence-electron chi connectivity index (χ1n) is 5.95. The van der Waals surface area contributed by atoms with Crippen LogP contribution in [0.4, 0.5) is 8.78 Å². The van der Waals surface area contributed by atoms with Crippen molar-refractivity contribution in [2.24, 2.45) is 0 Å². The molecule has 1 rings (SSSR count). The van der Waals surface area contributed by atoms with Crippen molar-refractivity contribution in [3.05, 3.63) is 23.7 Å². The topological polar surface area (TPSA) is 79.5 Å². The molecule has 1 amide bonds. The van der Waals surface area contributed by atoms with Crippen molar-refractivity contribution in [1.82, 2.24) is 5.32 Å². The van der Waals surface area contributed by atoms with E-state index in [0.717, 1.165) is 0 Å². The van der Waals surface area contributed by atoms with Gasteiger partial charge in [-0.05, 0) is 30.6 Å². The predicted octanol–water partition coefficient (Wildman–Crippen LogP) is 2.67. The van der Waals surface area contributed by atoms with E-state index >= 15 is 0 Å². The molecule has 9 heteroatoms. The highest BCUT2D eigenvalue weighted by molar-refractivity contribution is 7.98. The maximum Gasteiger partial charge on any atom is 0.326 e. The Morgan fingerprint density at radius 1 is 1.43 bits per heavy atom. The zero-order chi connectivity index (χ0) is 15.8. The van der Waals surface area contributed by atoms with Crippen LogP contribution < -0.4 is 5.32 Å². The molecule has 0 saturated heterocycles. The molecule has 0 aliphatic carbocycles. The summed E-state index contributed by atoms with van der Waals surface area (Å²) in [6.07, 6.45) is 2.12. The number of rotatable bonds is 9. The number of hydrogen-bond acceptors (Lipinski definition) is 5. The van der Waals surface area contributed by atoms with Crippen molar-refractivity contribution in [2.75, 3.05) is 12.0 Å². The number of carboxylic acid groups (broad SMARTS) is 1. The number of carboxylic acids is 1. The fraction of sp³-hybridized carbons (Fsp3) is 0.500. The zero-order valence-corrected chi connectivity index (χ0v) is 12.8. The molecule has 0 radical (unpaired) electrons. The summed E-state index contributed by atoms with van der Waals surface area (Å²) in [4.78, 5) is 22.9. The van der Waals surface area contributed by atoms with Gasteiger partial charge >= 0.3 is 5.97 Å². The van der Waals surface area contributed by atoms with Gasteiger partial charge in [-0.25, -0.2) is 4.79 Å². The molecule has 21 heavy (non-hydrogen) atoms. The van der Waals surface area contributed by atoms with E-state index in [1.54, 1.807) is 0 Å². The monoisotopic (exact) mass is 339 g/mol. The molecule has 5 nitrogen and oxygen atoms in total. The predicted molar refractivity (Wildman–Crippen MR) is 77.9 cm³/mol. The van der Waals surface area contributed by atoms with Crippen LogP contribution in [-0.2, 0) is 10.5 Å². The van der Waals surface area contributed by atoms with Gasteiger partial charge in [-0.3, -0.25) is 4.79 Å². The van der Waals surface area contributed by atoms with Gasteiger partial charge in [-0.1, -0.05) is 11.8 Å². The molecule has 2 N–H and O–H groups in total. The largest absolute Gasteiger partial charge is 0.480 e. The highest BCUT2D eigenvalue weighted by Crippen LogP contribution is 2.21.